The Morgan fingerprint density at radius 2 is 1.63 bits per heavy atom. The zero-order chi connectivity index (χ0) is 32.8. The average Bonchev–Trinajstić information content (AvgIpc) is 3.04. The predicted molar refractivity (Wildman–Crippen MR) is 172 cm³/mol. The molecular formula is C36H36F2N3O5+. The van der Waals surface area contributed by atoms with Gasteiger partial charge >= 0.3 is 0 Å². The van der Waals surface area contributed by atoms with E-state index in [1.54, 1.807) is 47.9 Å². The van der Waals surface area contributed by atoms with Gasteiger partial charge < -0.3 is 23.7 Å². The summed E-state index contributed by atoms with van der Waals surface area (Å²) in [7, 11) is 5.05. The first-order valence-electron chi connectivity index (χ1n) is 15.0. The third-order valence-corrected chi connectivity index (χ3v) is 7.67. The Morgan fingerprint density at radius 3 is 2.28 bits per heavy atom. The molecule has 5 rings (SSSR count). The number of halogens is 2. The molecule has 0 N–H and O–H groups in total. The summed E-state index contributed by atoms with van der Waals surface area (Å²) in [5, 5.41) is 0.262. The van der Waals surface area contributed by atoms with E-state index in [4.69, 9.17) is 14.2 Å². The van der Waals surface area contributed by atoms with Crippen LogP contribution >= 0.6 is 0 Å². The van der Waals surface area contributed by atoms with Crippen molar-refractivity contribution in [2.75, 3.05) is 32.3 Å². The molecule has 2 aromatic heterocycles. The largest absolute Gasteiger partial charge is 0.497 e. The Hall–Kier alpha value is -5.25. The highest BCUT2D eigenvalue weighted by Gasteiger charge is 2.24. The highest BCUT2D eigenvalue weighted by Crippen LogP contribution is 2.29. The molecule has 0 bridgehead atoms. The summed E-state index contributed by atoms with van der Waals surface area (Å²) in [4.78, 5) is 28.9. The SMILES string of the molecule is CCN(C(=O)c1cn(-c2cc(OC)cc(OC)c2)c2cc(OCCCCc3ccc[n+](C)c3)ccc2c1=O)c1cc(F)cc(F)c1. The zero-order valence-corrected chi connectivity index (χ0v) is 26.3. The van der Waals surface area contributed by atoms with Crippen molar-refractivity contribution in [3.05, 3.63) is 118 Å². The lowest BCUT2D eigenvalue weighted by Gasteiger charge is -2.22. The van der Waals surface area contributed by atoms with Crippen LogP contribution in [0.1, 0.15) is 35.7 Å². The summed E-state index contributed by atoms with van der Waals surface area (Å²) in [5.74, 6) is -0.802. The fourth-order valence-electron chi connectivity index (χ4n) is 5.40. The van der Waals surface area contributed by atoms with E-state index in [1.165, 1.54) is 26.0 Å². The monoisotopic (exact) mass is 628 g/mol. The number of pyridine rings is 2. The number of hydrogen-bond donors (Lipinski definition) is 0. The van der Waals surface area contributed by atoms with Crippen LogP contribution in [-0.4, -0.2) is 37.8 Å². The zero-order valence-electron chi connectivity index (χ0n) is 26.3. The maximum absolute atomic E-state index is 14.1. The number of carbonyl (C=O) groups is 1. The first-order chi connectivity index (χ1) is 22.2. The first kappa shape index (κ1) is 32.2. The lowest BCUT2D eigenvalue weighted by molar-refractivity contribution is -0.671. The van der Waals surface area contributed by atoms with E-state index < -0.39 is 23.0 Å². The minimum absolute atomic E-state index is 0.00370. The van der Waals surface area contributed by atoms with Crippen molar-refractivity contribution in [2.45, 2.75) is 26.2 Å². The third kappa shape index (κ3) is 7.17. The number of nitrogens with zero attached hydrogens (tertiary/aromatic N) is 3. The molecule has 0 atom stereocenters. The second-order valence-corrected chi connectivity index (χ2v) is 10.9. The molecule has 5 aromatic rings. The quantitative estimate of drug-likeness (QED) is 0.122. The first-order valence-corrected chi connectivity index (χ1v) is 15.0. The maximum Gasteiger partial charge on any atom is 0.263 e. The standard InChI is InChI=1S/C36H36F2N3O5/c1-5-40(27-16-25(37)15-26(38)17-27)36(43)33-23-41(28-18-30(44-3)20-31(19-28)45-4)34-21-29(11-12-32(34)35(33)42)46-14-7-6-9-24-10-8-13-39(2)22-24/h8,10-13,15-23H,5-7,9,14H2,1-4H3/q+1. The lowest BCUT2D eigenvalue weighted by Crippen LogP contribution is -2.35. The molecule has 8 nitrogen and oxygen atoms in total. The Labute approximate surface area is 266 Å². The average molecular weight is 629 g/mol. The molecule has 0 aliphatic carbocycles. The molecule has 0 aliphatic heterocycles. The van der Waals surface area contributed by atoms with Crippen molar-refractivity contribution in [2.24, 2.45) is 7.05 Å². The van der Waals surface area contributed by atoms with Crippen molar-refractivity contribution in [1.29, 1.82) is 0 Å². The molecule has 3 aromatic carbocycles. The number of carbonyl (C=O) groups excluding carboxylic acids is 1. The molecule has 2 heterocycles. The molecule has 10 heteroatoms. The fraction of sp³-hybridized carbons (Fsp3) is 0.250. The number of fused-ring (bicyclic) bond motifs is 1. The Balaban J connectivity index is 1.52. The van der Waals surface area contributed by atoms with Crippen molar-refractivity contribution in [3.63, 3.8) is 0 Å². The number of unbranched alkanes of at least 4 members (excludes halogenated alkanes) is 1. The van der Waals surface area contributed by atoms with Gasteiger partial charge in [0.2, 0.25) is 5.43 Å². The van der Waals surface area contributed by atoms with Crippen LogP contribution in [0.2, 0.25) is 0 Å². The van der Waals surface area contributed by atoms with Gasteiger partial charge in [0.25, 0.3) is 5.91 Å². The van der Waals surface area contributed by atoms with Gasteiger partial charge in [0.05, 0.1) is 32.0 Å². The van der Waals surface area contributed by atoms with E-state index in [1.807, 2.05) is 23.9 Å². The second kappa shape index (κ2) is 14.2. The van der Waals surface area contributed by atoms with Crippen LogP contribution in [-0.2, 0) is 13.5 Å². The van der Waals surface area contributed by atoms with Crippen LogP contribution in [0, 0.1) is 11.6 Å². The Morgan fingerprint density at radius 1 is 0.913 bits per heavy atom. The number of amides is 1. The second-order valence-electron chi connectivity index (χ2n) is 10.9. The van der Waals surface area contributed by atoms with Gasteiger partial charge in [0, 0.05) is 65.8 Å². The maximum atomic E-state index is 14.1. The molecular weight excluding hydrogens is 592 g/mol. The third-order valence-electron chi connectivity index (χ3n) is 7.67. The van der Waals surface area contributed by atoms with Crippen LogP contribution in [0.15, 0.2) is 90.1 Å². The number of anilines is 1. The van der Waals surface area contributed by atoms with Gasteiger partial charge in [0.15, 0.2) is 12.4 Å². The number of benzene rings is 3. The summed E-state index contributed by atoms with van der Waals surface area (Å²) in [6, 6.07) is 17.3. The minimum Gasteiger partial charge on any atom is -0.497 e. The molecule has 46 heavy (non-hydrogen) atoms. The lowest BCUT2D eigenvalue weighted by atomic mass is 10.1. The minimum atomic E-state index is -0.831. The normalized spacial score (nSPS) is 11.0. The van der Waals surface area contributed by atoms with Gasteiger partial charge in [0.1, 0.15) is 41.5 Å². The summed E-state index contributed by atoms with van der Waals surface area (Å²) in [6.45, 7) is 2.21. The van der Waals surface area contributed by atoms with Gasteiger partial charge in [-0.2, -0.15) is 0 Å². The van der Waals surface area contributed by atoms with Crippen LogP contribution < -0.4 is 29.1 Å². The highest BCUT2D eigenvalue weighted by molar-refractivity contribution is 6.07. The van der Waals surface area contributed by atoms with Gasteiger partial charge in [-0.25, -0.2) is 13.3 Å². The number of rotatable bonds is 12. The van der Waals surface area contributed by atoms with Crippen LogP contribution in [0.5, 0.6) is 17.2 Å². The molecule has 0 saturated heterocycles. The summed E-state index contributed by atoms with van der Waals surface area (Å²) in [5.41, 5.74) is 1.61. The highest BCUT2D eigenvalue weighted by atomic mass is 19.1. The van der Waals surface area contributed by atoms with Crippen molar-refractivity contribution < 1.29 is 32.4 Å². The summed E-state index contributed by atoms with van der Waals surface area (Å²) in [6.07, 6.45) is 8.24. The number of hydrogen-bond acceptors (Lipinski definition) is 5. The van der Waals surface area contributed by atoms with Crippen LogP contribution in [0.3, 0.4) is 0 Å². The fourth-order valence-corrected chi connectivity index (χ4v) is 5.40. The molecule has 0 saturated carbocycles. The summed E-state index contributed by atoms with van der Waals surface area (Å²) >= 11 is 0. The molecule has 1 amide bonds. The van der Waals surface area contributed by atoms with Gasteiger partial charge in [-0.3, -0.25) is 9.59 Å². The molecule has 0 spiro atoms. The topological polar surface area (TPSA) is 73.9 Å². The summed E-state index contributed by atoms with van der Waals surface area (Å²) < 4.78 is 48.9. The molecule has 0 aliphatic rings. The van der Waals surface area contributed by atoms with Crippen molar-refractivity contribution >= 4 is 22.5 Å². The van der Waals surface area contributed by atoms with E-state index in [0.717, 1.165) is 42.4 Å². The van der Waals surface area contributed by atoms with Gasteiger partial charge in [-0.1, -0.05) is 0 Å². The number of ether oxygens (including phenoxy) is 3. The smallest absolute Gasteiger partial charge is 0.263 e. The number of methoxy groups -OCH3 is 2. The van der Waals surface area contributed by atoms with E-state index in [0.29, 0.717) is 35.1 Å². The molecule has 238 valence electrons. The number of aromatic nitrogens is 2. The van der Waals surface area contributed by atoms with Gasteiger partial charge in [-0.15, -0.1) is 0 Å². The molecule has 0 unspecified atom stereocenters. The van der Waals surface area contributed by atoms with Crippen LogP contribution in [0.25, 0.3) is 16.6 Å². The Kier molecular flexibility index (Phi) is 9.95. The van der Waals surface area contributed by atoms with Crippen molar-refractivity contribution in [1.82, 2.24) is 4.57 Å². The predicted octanol–water partition coefficient (Wildman–Crippen LogP) is 6.18. The van der Waals surface area contributed by atoms with Crippen LogP contribution in [0.4, 0.5) is 14.5 Å². The van der Waals surface area contributed by atoms with E-state index >= 15 is 0 Å². The van der Waals surface area contributed by atoms with Crippen molar-refractivity contribution in [3.8, 4) is 22.9 Å². The van der Waals surface area contributed by atoms with E-state index in [9.17, 15) is 18.4 Å². The van der Waals surface area contributed by atoms with Gasteiger partial charge in [-0.05, 0) is 56.5 Å². The van der Waals surface area contributed by atoms with E-state index in [2.05, 4.69) is 12.3 Å². The van der Waals surface area contributed by atoms with E-state index in [-0.39, 0.29) is 23.2 Å². The molecule has 0 radical (unpaired) electrons. The molecule has 0 fully saturated rings. The number of aryl methyl sites for hydroxylation is 2. The Bertz CT molecular complexity index is 1900.